The number of rotatable bonds is 1. The minimum atomic E-state index is 0.0573. The van der Waals surface area contributed by atoms with E-state index in [1.54, 1.807) is 13.1 Å². The Morgan fingerprint density at radius 1 is 1.50 bits per heavy atom. The van der Waals surface area contributed by atoms with Crippen molar-refractivity contribution in [2.24, 2.45) is 15.2 Å². The first-order chi connectivity index (χ1) is 7.75. The summed E-state index contributed by atoms with van der Waals surface area (Å²) in [6.45, 7) is 2.05. The second-order valence-electron chi connectivity index (χ2n) is 3.47. The van der Waals surface area contributed by atoms with Gasteiger partial charge in [0.2, 0.25) is 5.12 Å². The van der Waals surface area contributed by atoms with Crippen molar-refractivity contribution in [1.29, 1.82) is 0 Å². The Morgan fingerprint density at radius 3 is 3.19 bits per heavy atom. The molecule has 0 aliphatic carbocycles. The van der Waals surface area contributed by atoms with Crippen molar-refractivity contribution in [1.82, 2.24) is 0 Å². The van der Waals surface area contributed by atoms with E-state index in [4.69, 9.17) is 0 Å². The molecule has 16 heavy (non-hydrogen) atoms. The molecule has 0 unspecified atom stereocenters. The lowest BCUT2D eigenvalue weighted by Gasteiger charge is -2.13. The number of hydrogen-bond donors (Lipinski definition) is 0. The number of nitrogens with zero attached hydrogens (tertiary/aromatic N) is 4. The van der Waals surface area contributed by atoms with Gasteiger partial charge in [0.05, 0.1) is 22.9 Å². The molecule has 1 aromatic rings. The lowest BCUT2D eigenvalue weighted by molar-refractivity contribution is -0.109. The fourth-order valence-electron chi connectivity index (χ4n) is 1.76. The van der Waals surface area contributed by atoms with Crippen molar-refractivity contribution in [3.8, 4) is 0 Å². The first kappa shape index (κ1) is 9.53. The van der Waals surface area contributed by atoms with E-state index in [1.807, 2.05) is 16.4 Å². The summed E-state index contributed by atoms with van der Waals surface area (Å²) >= 11 is 1.18. The standard InChI is InChI=1S/C10H8N4OS/c1-6(15)16-14-5-11-10-7-4-12-13-8(7)2-3-9(10)14/h2-4H,5H2,1H3. The Balaban J connectivity index is 2.12. The number of fused-ring (bicyclic) bond motifs is 3. The van der Waals surface area contributed by atoms with Gasteiger partial charge in [-0.15, -0.1) is 0 Å². The summed E-state index contributed by atoms with van der Waals surface area (Å²) in [5, 5.41) is 9.73. The van der Waals surface area contributed by atoms with E-state index in [0.717, 1.165) is 22.0 Å². The summed E-state index contributed by atoms with van der Waals surface area (Å²) in [6, 6.07) is 3.83. The zero-order chi connectivity index (χ0) is 11.1. The second-order valence-corrected chi connectivity index (χ2v) is 4.67. The van der Waals surface area contributed by atoms with Gasteiger partial charge in [0.25, 0.3) is 0 Å². The highest BCUT2D eigenvalue weighted by Gasteiger charge is 2.19. The lowest BCUT2D eigenvalue weighted by atomic mass is 10.2. The predicted octanol–water partition coefficient (Wildman–Crippen LogP) is 1.11. The Morgan fingerprint density at radius 2 is 2.38 bits per heavy atom. The Bertz CT molecular complexity index is 622. The number of benzene rings is 1. The van der Waals surface area contributed by atoms with Crippen molar-refractivity contribution in [3.63, 3.8) is 0 Å². The molecule has 0 fully saturated rings. The van der Waals surface area contributed by atoms with Crippen molar-refractivity contribution < 1.29 is 4.79 Å². The van der Waals surface area contributed by atoms with Gasteiger partial charge < -0.3 is 0 Å². The van der Waals surface area contributed by atoms with Crippen molar-refractivity contribution in [3.05, 3.63) is 22.7 Å². The van der Waals surface area contributed by atoms with E-state index < -0.39 is 0 Å². The molecule has 0 atom stereocenters. The molecule has 0 spiro atoms. The molecule has 0 saturated heterocycles. The molecule has 0 N–H and O–H groups in total. The fourth-order valence-corrected chi connectivity index (χ4v) is 2.43. The normalized spacial score (nSPS) is 15.4. The maximum Gasteiger partial charge on any atom is 0.206 e. The Labute approximate surface area is 95.7 Å². The lowest BCUT2D eigenvalue weighted by Crippen LogP contribution is -2.25. The molecule has 0 aromatic heterocycles. The molecule has 6 heteroatoms. The summed E-state index contributed by atoms with van der Waals surface area (Å²) in [4.78, 5) is 15.5. The average Bonchev–Trinajstić information content (AvgIpc) is 2.82. The van der Waals surface area contributed by atoms with Crippen LogP contribution in [0.4, 0.5) is 11.4 Å². The van der Waals surface area contributed by atoms with Crippen LogP contribution in [0.3, 0.4) is 0 Å². The van der Waals surface area contributed by atoms with Gasteiger partial charge in [0.15, 0.2) is 0 Å². The summed E-state index contributed by atoms with van der Waals surface area (Å²) in [6.07, 6.45) is 1.71. The zero-order valence-electron chi connectivity index (χ0n) is 8.54. The number of carbonyl (C=O) groups is 1. The summed E-state index contributed by atoms with van der Waals surface area (Å²) in [5.41, 5.74) is 1.81. The monoisotopic (exact) mass is 232 g/mol. The van der Waals surface area contributed by atoms with Gasteiger partial charge in [-0.05, 0) is 12.1 Å². The molecule has 0 amide bonds. The highest BCUT2D eigenvalue weighted by atomic mass is 32.2. The molecule has 2 aliphatic rings. The molecule has 0 bridgehead atoms. The first-order valence-electron chi connectivity index (χ1n) is 4.80. The molecule has 3 rings (SSSR count). The van der Waals surface area contributed by atoms with Crippen LogP contribution in [0.5, 0.6) is 0 Å². The van der Waals surface area contributed by atoms with Gasteiger partial charge in [-0.2, -0.15) is 10.2 Å². The van der Waals surface area contributed by atoms with Crippen molar-refractivity contribution >= 4 is 34.6 Å². The van der Waals surface area contributed by atoms with Crippen LogP contribution >= 0.6 is 11.9 Å². The molecule has 1 aromatic carbocycles. The van der Waals surface area contributed by atoms with Crippen LogP contribution in [0.1, 0.15) is 6.92 Å². The molecular formula is C10H8N4OS. The van der Waals surface area contributed by atoms with Gasteiger partial charge in [-0.25, -0.2) is 0 Å². The van der Waals surface area contributed by atoms with E-state index in [0.29, 0.717) is 6.67 Å². The number of carbonyl (C=O) groups excluding carboxylic acids is 1. The maximum absolute atomic E-state index is 11.1. The highest BCUT2D eigenvalue weighted by molar-refractivity contribution is 8.14. The SMILES string of the molecule is CC(=O)SN1CN=c2c1ccc1c2=CN=N1. The van der Waals surface area contributed by atoms with Crippen LogP contribution < -0.4 is 14.9 Å². The Hall–Kier alpha value is -1.69. The quantitative estimate of drug-likeness (QED) is 0.682. The van der Waals surface area contributed by atoms with Gasteiger partial charge >= 0.3 is 0 Å². The molecular weight excluding hydrogens is 224 g/mol. The predicted molar refractivity (Wildman–Crippen MR) is 61.8 cm³/mol. The molecule has 2 heterocycles. The topological polar surface area (TPSA) is 57.4 Å². The highest BCUT2D eigenvalue weighted by Crippen LogP contribution is 2.23. The van der Waals surface area contributed by atoms with E-state index in [1.165, 1.54) is 11.9 Å². The van der Waals surface area contributed by atoms with E-state index >= 15 is 0 Å². The van der Waals surface area contributed by atoms with Gasteiger partial charge in [-0.1, -0.05) is 0 Å². The van der Waals surface area contributed by atoms with Crippen molar-refractivity contribution in [2.75, 3.05) is 11.0 Å². The third-order valence-corrected chi connectivity index (χ3v) is 3.18. The summed E-state index contributed by atoms with van der Waals surface area (Å²) in [7, 11) is 0. The number of hydrogen-bond acceptors (Lipinski definition) is 6. The zero-order valence-corrected chi connectivity index (χ0v) is 9.36. The van der Waals surface area contributed by atoms with Gasteiger partial charge in [0.1, 0.15) is 6.67 Å². The second kappa shape index (κ2) is 3.41. The molecule has 0 radical (unpaired) electrons. The minimum Gasteiger partial charge on any atom is -0.287 e. The fraction of sp³-hybridized carbons (Fsp3) is 0.200. The molecule has 0 saturated carbocycles. The van der Waals surface area contributed by atoms with Gasteiger partial charge in [0, 0.05) is 24.1 Å². The van der Waals surface area contributed by atoms with Crippen LogP contribution in [0, 0.1) is 0 Å². The number of azo groups is 1. The summed E-state index contributed by atoms with van der Waals surface area (Å²) < 4.78 is 1.88. The first-order valence-corrected chi connectivity index (χ1v) is 5.58. The van der Waals surface area contributed by atoms with Crippen LogP contribution in [-0.4, -0.2) is 11.8 Å². The molecule has 80 valence electrons. The van der Waals surface area contributed by atoms with E-state index in [-0.39, 0.29) is 5.12 Å². The minimum absolute atomic E-state index is 0.0573. The van der Waals surface area contributed by atoms with Crippen LogP contribution in [-0.2, 0) is 4.79 Å². The third kappa shape index (κ3) is 1.34. The number of anilines is 1. The average molecular weight is 232 g/mol. The van der Waals surface area contributed by atoms with Crippen LogP contribution in [0.15, 0.2) is 27.4 Å². The third-order valence-electron chi connectivity index (χ3n) is 2.39. The van der Waals surface area contributed by atoms with Crippen molar-refractivity contribution in [2.45, 2.75) is 6.92 Å². The van der Waals surface area contributed by atoms with Crippen LogP contribution in [0.2, 0.25) is 0 Å². The molecule has 5 nitrogen and oxygen atoms in total. The van der Waals surface area contributed by atoms with E-state index in [9.17, 15) is 4.79 Å². The summed E-state index contributed by atoms with van der Waals surface area (Å²) in [5.74, 6) is 0. The largest absolute Gasteiger partial charge is 0.287 e. The molecule has 2 aliphatic heterocycles. The van der Waals surface area contributed by atoms with Gasteiger partial charge in [-0.3, -0.25) is 14.1 Å². The maximum atomic E-state index is 11.1. The van der Waals surface area contributed by atoms with E-state index in [2.05, 4.69) is 15.2 Å². The van der Waals surface area contributed by atoms with Crippen LogP contribution in [0.25, 0.3) is 6.20 Å². The Kier molecular flexibility index (Phi) is 2.03. The smallest absolute Gasteiger partial charge is 0.206 e.